The lowest BCUT2D eigenvalue weighted by Gasteiger charge is -2.28. The summed E-state index contributed by atoms with van der Waals surface area (Å²) in [6.07, 6.45) is 6.34. The second-order valence-corrected chi connectivity index (χ2v) is 5.57. The number of hydrogen-bond donors (Lipinski definition) is 1. The second-order valence-electron chi connectivity index (χ2n) is 5.57. The summed E-state index contributed by atoms with van der Waals surface area (Å²) in [6, 6.07) is 8.91. The van der Waals surface area contributed by atoms with Crippen molar-refractivity contribution in [3.8, 4) is 5.75 Å². The first-order chi connectivity index (χ1) is 8.33. The molecule has 2 nitrogen and oxygen atoms in total. The fourth-order valence-electron chi connectivity index (χ4n) is 3.37. The highest BCUT2D eigenvalue weighted by Crippen LogP contribution is 2.40. The molecule has 92 valence electrons. The van der Waals surface area contributed by atoms with E-state index in [1.165, 1.54) is 37.7 Å². The number of hydrogen-bond acceptors (Lipinski definition) is 2. The molecule has 0 saturated heterocycles. The van der Waals surface area contributed by atoms with Gasteiger partial charge in [-0.3, -0.25) is 0 Å². The molecule has 3 rings (SSSR count). The van der Waals surface area contributed by atoms with Gasteiger partial charge in [-0.05, 0) is 31.2 Å². The lowest BCUT2D eigenvalue weighted by Crippen LogP contribution is -2.28. The topological polar surface area (TPSA) is 35.2 Å². The smallest absolute Gasteiger partial charge is 0.122 e. The maximum absolute atomic E-state index is 6.06. The first-order valence-electron chi connectivity index (χ1n) is 6.80. The van der Waals surface area contributed by atoms with E-state index in [0.29, 0.717) is 12.0 Å². The summed E-state index contributed by atoms with van der Waals surface area (Å²) < 4.78 is 5.75. The van der Waals surface area contributed by atoms with Crippen molar-refractivity contribution in [1.29, 1.82) is 0 Å². The third-order valence-corrected chi connectivity index (χ3v) is 4.24. The number of para-hydroxylation sites is 1. The molecule has 0 radical (unpaired) electrons. The van der Waals surface area contributed by atoms with Gasteiger partial charge in [0.25, 0.3) is 0 Å². The summed E-state index contributed by atoms with van der Waals surface area (Å²) >= 11 is 0. The van der Waals surface area contributed by atoms with Gasteiger partial charge in [-0.25, -0.2) is 0 Å². The van der Waals surface area contributed by atoms with Crippen molar-refractivity contribution in [3.05, 3.63) is 29.8 Å². The Bertz CT molecular complexity index is 390. The summed E-state index contributed by atoms with van der Waals surface area (Å²) in [4.78, 5) is 0. The van der Waals surface area contributed by atoms with Crippen LogP contribution in [0, 0.1) is 5.92 Å². The molecule has 0 amide bonds. The van der Waals surface area contributed by atoms with Crippen molar-refractivity contribution in [2.75, 3.05) is 6.61 Å². The highest BCUT2D eigenvalue weighted by atomic mass is 16.5. The molecule has 1 heterocycles. The average Bonchev–Trinajstić information content (AvgIpc) is 2.73. The van der Waals surface area contributed by atoms with Gasteiger partial charge in [-0.2, -0.15) is 0 Å². The lowest BCUT2D eigenvalue weighted by atomic mass is 9.79. The van der Waals surface area contributed by atoms with Gasteiger partial charge in [0, 0.05) is 17.5 Å². The summed E-state index contributed by atoms with van der Waals surface area (Å²) in [5.74, 6) is 2.50. The molecular weight excluding hydrogens is 210 g/mol. The third kappa shape index (κ3) is 2.32. The first kappa shape index (κ1) is 11.1. The fraction of sp³-hybridized carbons (Fsp3) is 0.600. The van der Waals surface area contributed by atoms with Crippen molar-refractivity contribution in [2.45, 2.75) is 44.1 Å². The fourth-order valence-corrected chi connectivity index (χ4v) is 3.37. The van der Waals surface area contributed by atoms with E-state index in [2.05, 4.69) is 24.3 Å². The van der Waals surface area contributed by atoms with E-state index < -0.39 is 0 Å². The molecule has 1 aromatic carbocycles. The zero-order valence-corrected chi connectivity index (χ0v) is 10.3. The average molecular weight is 231 g/mol. The van der Waals surface area contributed by atoms with Crippen molar-refractivity contribution in [2.24, 2.45) is 11.7 Å². The third-order valence-electron chi connectivity index (χ3n) is 4.24. The van der Waals surface area contributed by atoms with Crippen LogP contribution in [0.4, 0.5) is 0 Å². The van der Waals surface area contributed by atoms with E-state index >= 15 is 0 Å². The van der Waals surface area contributed by atoms with Crippen LogP contribution in [-0.4, -0.2) is 12.6 Å². The Kier molecular flexibility index (Phi) is 3.06. The molecule has 3 unspecified atom stereocenters. The van der Waals surface area contributed by atoms with Gasteiger partial charge in [0.05, 0.1) is 6.61 Å². The van der Waals surface area contributed by atoms with Gasteiger partial charge in [0.1, 0.15) is 5.75 Å². The summed E-state index contributed by atoms with van der Waals surface area (Å²) in [7, 11) is 0. The van der Waals surface area contributed by atoms with Crippen LogP contribution in [-0.2, 0) is 0 Å². The molecule has 1 fully saturated rings. The van der Waals surface area contributed by atoms with Crippen LogP contribution >= 0.6 is 0 Å². The molecule has 1 aliphatic heterocycles. The number of ether oxygens (including phenoxy) is 1. The predicted octanol–water partition coefficient (Wildman–Crippen LogP) is 3.07. The summed E-state index contributed by atoms with van der Waals surface area (Å²) in [5.41, 5.74) is 7.47. The van der Waals surface area contributed by atoms with Gasteiger partial charge < -0.3 is 10.5 Å². The van der Waals surface area contributed by atoms with Crippen molar-refractivity contribution >= 4 is 0 Å². The van der Waals surface area contributed by atoms with Crippen molar-refractivity contribution in [1.82, 2.24) is 0 Å². The molecule has 2 aliphatic rings. The van der Waals surface area contributed by atoms with Crippen molar-refractivity contribution < 1.29 is 4.74 Å². The first-order valence-corrected chi connectivity index (χ1v) is 6.80. The van der Waals surface area contributed by atoms with Gasteiger partial charge >= 0.3 is 0 Å². The maximum atomic E-state index is 6.06. The molecule has 2 heteroatoms. The highest BCUT2D eigenvalue weighted by molar-refractivity contribution is 5.39. The van der Waals surface area contributed by atoms with E-state index in [1.807, 2.05) is 0 Å². The molecule has 2 N–H and O–H groups in total. The predicted molar refractivity (Wildman–Crippen MR) is 69.2 cm³/mol. The molecule has 3 atom stereocenters. The van der Waals surface area contributed by atoms with Crippen molar-refractivity contribution in [3.63, 3.8) is 0 Å². The SMILES string of the molecule is NC1CCCC(CC2COc3ccccc32)C1. The Balaban J connectivity index is 1.67. The van der Waals surface area contributed by atoms with E-state index in [0.717, 1.165) is 18.3 Å². The molecular formula is C15H21NO. The highest BCUT2D eigenvalue weighted by Gasteiger charge is 2.28. The van der Waals surface area contributed by atoms with Gasteiger partial charge in [0.2, 0.25) is 0 Å². The number of nitrogens with two attached hydrogens (primary N) is 1. The second kappa shape index (κ2) is 4.69. The minimum atomic E-state index is 0.436. The summed E-state index contributed by atoms with van der Waals surface area (Å²) in [5, 5.41) is 0. The zero-order valence-electron chi connectivity index (χ0n) is 10.3. The minimum absolute atomic E-state index is 0.436. The monoisotopic (exact) mass is 231 g/mol. The van der Waals surface area contributed by atoms with E-state index in [4.69, 9.17) is 10.5 Å². The molecule has 1 aromatic rings. The molecule has 0 aromatic heterocycles. The molecule has 0 spiro atoms. The Morgan fingerprint density at radius 2 is 2.12 bits per heavy atom. The molecule has 17 heavy (non-hydrogen) atoms. The quantitative estimate of drug-likeness (QED) is 0.849. The van der Waals surface area contributed by atoms with Crippen LogP contribution < -0.4 is 10.5 Å². The van der Waals surface area contributed by atoms with Gasteiger partial charge in [-0.15, -0.1) is 0 Å². The van der Waals surface area contributed by atoms with Gasteiger partial charge in [0.15, 0.2) is 0 Å². The van der Waals surface area contributed by atoms with Crippen LogP contribution in [0.15, 0.2) is 24.3 Å². The van der Waals surface area contributed by atoms with E-state index in [9.17, 15) is 0 Å². The van der Waals surface area contributed by atoms with Crippen LogP contribution in [0.1, 0.15) is 43.6 Å². The van der Waals surface area contributed by atoms with Crippen LogP contribution in [0.2, 0.25) is 0 Å². The Hall–Kier alpha value is -1.02. The lowest BCUT2D eigenvalue weighted by molar-refractivity contribution is 0.260. The van der Waals surface area contributed by atoms with Gasteiger partial charge in [-0.1, -0.05) is 31.0 Å². The number of benzene rings is 1. The molecule has 0 bridgehead atoms. The standard InChI is InChI=1S/C15H21NO/c16-13-5-3-4-11(9-13)8-12-10-17-15-7-2-1-6-14(12)15/h1-2,6-7,11-13H,3-5,8-10,16H2. The number of fused-ring (bicyclic) bond motifs is 1. The Labute approximate surface area is 103 Å². The van der Waals surface area contributed by atoms with Crippen LogP contribution in [0.3, 0.4) is 0 Å². The zero-order chi connectivity index (χ0) is 11.7. The van der Waals surface area contributed by atoms with Crippen LogP contribution in [0.5, 0.6) is 5.75 Å². The molecule has 1 saturated carbocycles. The molecule has 1 aliphatic carbocycles. The largest absolute Gasteiger partial charge is 0.493 e. The summed E-state index contributed by atoms with van der Waals surface area (Å²) in [6.45, 7) is 0.866. The van der Waals surface area contributed by atoms with Crippen LogP contribution in [0.25, 0.3) is 0 Å². The minimum Gasteiger partial charge on any atom is -0.493 e. The maximum Gasteiger partial charge on any atom is 0.122 e. The normalized spacial score (nSPS) is 31.9. The Morgan fingerprint density at radius 1 is 1.24 bits per heavy atom. The Morgan fingerprint density at radius 3 is 3.00 bits per heavy atom. The number of rotatable bonds is 2. The van der Waals surface area contributed by atoms with E-state index in [-0.39, 0.29) is 0 Å². The van der Waals surface area contributed by atoms with E-state index in [1.54, 1.807) is 0 Å².